The highest BCUT2D eigenvalue weighted by molar-refractivity contribution is 5.98. The quantitative estimate of drug-likeness (QED) is 0.812. The maximum absolute atomic E-state index is 12.2. The van der Waals surface area contributed by atoms with E-state index >= 15 is 0 Å². The zero-order chi connectivity index (χ0) is 12.5. The molecular formula is C14H14N2O2. The second-order valence-corrected chi connectivity index (χ2v) is 4.71. The van der Waals surface area contributed by atoms with Gasteiger partial charge in [-0.3, -0.25) is 4.79 Å². The van der Waals surface area contributed by atoms with Gasteiger partial charge in [0.1, 0.15) is 0 Å². The molecule has 0 bridgehead atoms. The van der Waals surface area contributed by atoms with Gasteiger partial charge in [-0.2, -0.15) is 0 Å². The van der Waals surface area contributed by atoms with Crippen LogP contribution in [0.3, 0.4) is 0 Å². The molecule has 18 heavy (non-hydrogen) atoms. The summed E-state index contributed by atoms with van der Waals surface area (Å²) in [6.07, 6.45) is 1.33. The first kappa shape index (κ1) is 11.0. The summed E-state index contributed by atoms with van der Waals surface area (Å²) in [4.78, 5) is 18.1. The van der Waals surface area contributed by atoms with Crippen LogP contribution in [0, 0.1) is 5.92 Å². The van der Waals surface area contributed by atoms with E-state index in [1.54, 1.807) is 4.90 Å². The largest absolute Gasteiger partial charge is 0.443 e. The molecule has 0 spiro atoms. The van der Waals surface area contributed by atoms with Gasteiger partial charge in [0.05, 0.1) is 0 Å². The predicted octanol–water partition coefficient (Wildman–Crippen LogP) is 2.43. The van der Waals surface area contributed by atoms with Crippen LogP contribution in [0.25, 0.3) is 11.3 Å². The third-order valence-electron chi connectivity index (χ3n) is 3.16. The van der Waals surface area contributed by atoms with Crippen molar-refractivity contribution in [2.75, 3.05) is 13.1 Å². The minimum Gasteiger partial charge on any atom is -0.443 e. The lowest BCUT2D eigenvalue weighted by Gasteiger charge is -2.36. The van der Waals surface area contributed by atoms with Gasteiger partial charge in [0.25, 0.3) is 5.91 Å². The Morgan fingerprint density at radius 1 is 1.33 bits per heavy atom. The summed E-state index contributed by atoms with van der Waals surface area (Å²) in [6, 6.07) is 9.58. The molecule has 0 atom stereocenters. The van der Waals surface area contributed by atoms with E-state index in [2.05, 4.69) is 11.9 Å². The molecule has 0 saturated carbocycles. The zero-order valence-corrected chi connectivity index (χ0v) is 10.2. The zero-order valence-electron chi connectivity index (χ0n) is 10.2. The number of rotatable bonds is 2. The fraction of sp³-hybridized carbons (Fsp3) is 0.286. The second-order valence-electron chi connectivity index (χ2n) is 4.71. The number of nitrogens with zero attached hydrogens (tertiary/aromatic N) is 2. The Balaban J connectivity index is 1.90. The molecule has 92 valence electrons. The number of hydrogen-bond acceptors (Lipinski definition) is 3. The van der Waals surface area contributed by atoms with E-state index in [9.17, 15) is 4.79 Å². The van der Waals surface area contributed by atoms with Crippen molar-refractivity contribution in [3.05, 3.63) is 42.4 Å². The number of aromatic nitrogens is 1. The molecule has 0 unspecified atom stereocenters. The fourth-order valence-electron chi connectivity index (χ4n) is 2.21. The van der Waals surface area contributed by atoms with Crippen molar-refractivity contribution in [2.45, 2.75) is 6.92 Å². The van der Waals surface area contributed by atoms with Crippen LogP contribution >= 0.6 is 0 Å². The summed E-state index contributed by atoms with van der Waals surface area (Å²) in [6.45, 7) is 3.74. The molecule has 0 N–H and O–H groups in total. The van der Waals surface area contributed by atoms with Gasteiger partial charge in [-0.05, 0) is 5.92 Å². The third kappa shape index (κ3) is 1.79. The van der Waals surface area contributed by atoms with Gasteiger partial charge in [0.2, 0.25) is 0 Å². The van der Waals surface area contributed by atoms with E-state index in [0.717, 1.165) is 18.7 Å². The molecule has 3 rings (SSSR count). The van der Waals surface area contributed by atoms with Crippen LogP contribution in [0.15, 0.2) is 41.1 Å². The Labute approximate surface area is 105 Å². The van der Waals surface area contributed by atoms with E-state index in [1.807, 2.05) is 30.3 Å². The lowest BCUT2D eigenvalue weighted by Crippen LogP contribution is -2.48. The Morgan fingerprint density at radius 3 is 2.72 bits per heavy atom. The average Bonchev–Trinajstić information content (AvgIpc) is 2.84. The number of likely N-dealkylation sites (tertiary alicyclic amines) is 1. The minimum atomic E-state index is -0.0410. The Bertz CT molecular complexity index is 556. The van der Waals surface area contributed by atoms with Crippen molar-refractivity contribution in [1.29, 1.82) is 0 Å². The van der Waals surface area contributed by atoms with Crippen LogP contribution in [0.1, 0.15) is 17.4 Å². The molecule has 1 aromatic carbocycles. The van der Waals surface area contributed by atoms with Crippen LogP contribution in [-0.2, 0) is 0 Å². The molecule has 2 aromatic rings. The van der Waals surface area contributed by atoms with Crippen LogP contribution in [-0.4, -0.2) is 28.9 Å². The summed E-state index contributed by atoms with van der Waals surface area (Å²) in [7, 11) is 0. The summed E-state index contributed by atoms with van der Waals surface area (Å²) in [5.74, 6) is 1.10. The molecule has 0 radical (unpaired) electrons. The highest BCUT2D eigenvalue weighted by Crippen LogP contribution is 2.26. The minimum absolute atomic E-state index is 0.0410. The molecule has 1 aliphatic rings. The highest BCUT2D eigenvalue weighted by atomic mass is 16.3. The molecule has 0 aliphatic carbocycles. The highest BCUT2D eigenvalue weighted by Gasteiger charge is 2.31. The van der Waals surface area contributed by atoms with Crippen LogP contribution in [0.4, 0.5) is 0 Å². The molecule has 1 aromatic heterocycles. The number of carbonyl (C=O) groups is 1. The van der Waals surface area contributed by atoms with Crippen molar-refractivity contribution in [3.8, 4) is 11.3 Å². The topological polar surface area (TPSA) is 46.3 Å². The molecule has 4 heteroatoms. The van der Waals surface area contributed by atoms with E-state index < -0.39 is 0 Å². The molecule has 1 saturated heterocycles. The van der Waals surface area contributed by atoms with E-state index in [0.29, 0.717) is 17.4 Å². The van der Waals surface area contributed by atoms with E-state index in [-0.39, 0.29) is 5.91 Å². The average molecular weight is 242 g/mol. The standard InChI is InChI=1S/C14H14N2O2/c1-10-7-16(8-10)14(17)12-13(18-9-15-12)11-5-3-2-4-6-11/h2-6,9-10H,7-8H2,1H3. The maximum Gasteiger partial charge on any atom is 0.276 e. The van der Waals surface area contributed by atoms with Gasteiger partial charge in [-0.25, -0.2) is 4.98 Å². The lowest BCUT2D eigenvalue weighted by molar-refractivity contribution is 0.0525. The van der Waals surface area contributed by atoms with Gasteiger partial charge in [0.15, 0.2) is 17.8 Å². The smallest absolute Gasteiger partial charge is 0.276 e. The summed E-state index contributed by atoms with van der Waals surface area (Å²) >= 11 is 0. The first-order valence-electron chi connectivity index (χ1n) is 6.04. The van der Waals surface area contributed by atoms with Gasteiger partial charge >= 0.3 is 0 Å². The van der Waals surface area contributed by atoms with Crippen molar-refractivity contribution in [1.82, 2.24) is 9.88 Å². The molecule has 2 heterocycles. The summed E-state index contributed by atoms with van der Waals surface area (Å²) in [5.41, 5.74) is 1.29. The number of benzene rings is 1. The molecule has 1 aliphatic heterocycles. The molecule has 1 amide bonds. The third-order valence-corrected chi connectivity index (χ3v) is 3.16. The lowest BCUT2D eigenvalue weighted by atomic mass is 10.0. The number of carbonyl (C=O) groups excluding carboxylic acids is 1. The predicted molar refractivity (Wildman–Crippen MR) is 67.0 cm³/mol. The second kappa shape index (κ2) is 4.29. The normalized spacial score (nSPS) is 15.5. The van der Waals surface area contributed by atoms with Crippen LogP contribution in [0.5, 0.6) is 0 Å². The number of amides is 1. The Kier molecular flexibility index (Phi) is 2.63. The van der Waals surface area contributed by atoms with Crippen LogP contribution in [0.2, 0.25) is 0 Å². The van der Waals surface area contributed by atoms with E-state index in [1.165, 1.54) is 6.39 Å². The Hall–Kier alpha value is -2.10. The fourth-order valence-corrected chi connectivity index (χ4v) is 2.21. The molecule has 4 nitrogen and oxygen atoms in total. The van der Waals surface area contributed by atoms with Gasteiger partial charge in [0, 0.05) is 18.7 Å². The van der Waals surface area contributed by atoms with Crippen LogP contribution < -0.4 is 0 Å². The maximum atomic E-state index is 12.2. The summed E-state index contributed by atoms with van der Waals surface area (Å²) in [5, 5.41) is 0. The van der Waals surface area contributed by atoms with Crippen molar-refractivity contribution in [2.24, 2.45) is 5.92 Å². The summed E-state index contributed by atoms with van der Waals surface area (Å²) < 4.78 is 5.36. The number of oxazole rings is 1. The van der Waals surface area contributed by atoms with Gasteiger partial charge < -0.3 is 9.32 Å². The van der Waals surface area contributed by atoms with Crippen molar-refractivity contribution >= 4 is 5.91 Å². The first-order chi connectivity index (χ1) is 8.75. The molecule has 1 fully saturated rings. The van der Waals surface area contributed by atoms with E-state index in [4.69, 9.17) is 4.42 Å². The first-order valence-corrected chi connectivity index (χ1v) is 6.04. The van der Waals surface area contributed by atoms with Crippen molar-refractivity contribution in [3.63, 3.8) is 0 Å². The van der Waals surface area contributed by atoms with Gasteiger partial charge in [-0.1, -0.05) is 37.3 Å². The number of hydrogen-bond donors (Lipinski definition) is 0. The Morgan fingerprint density at radius 2 is 2.06 bits per heavy atom. The van der Waals surface area contributed by atoms with Gasteiger partial charge in [-0.15, -0.1) is 0 Å². The monoisotopic (exact) mass is 242 g/mol. The molecular weight excluding hydrogens is 228 g/mol. The van der Waals surface area contributed by atoms with Crippen molar-refractivity contribution < 1.29 is 9.21 Å². The SMILES string of the molecule is CC1CN(C(=O)c2ncoc2-c2ccccc2)C1.